The molecule has 0 saturated heterocycles. The summed E-state index contributed by atoms with van der Waals surface area (Å²) in [6, 6.07) is 8.08. The van der Waals surface area contributed by atoms with Gasteiger partial charge in [0.15, 0.2) is 6.29 Å². The summed E-state index contributed by atoms with van der Waals surface area (Å²) < 4.78 is 10.4. The molecule has 0 spiro atoms. The predicted octanol–water partition coefficient (Wildman–Crippen LogP) is 2.46. The van der Waals surface area contributed by atoms with Crippen LogP contribution < -0.4 is 0 Å². The average molecular weight is 191 g/mol. The Balaban J connectivity index is 2.51. The van der Waals surface area contributed by atoms with E-state index in [1.165, 1.54) is 0 Å². The van der Waals surface area contributed by atoms with Crippen molar-refractivity contribution in [1.29, 1.82) is 0 Å². The van der Waals surface area contributed by atoms with Crippen molar-refractivity contribution in [3.05, 3.63) is 36.0 Å². The number of ether oxygens (including phenoxy) is 2. The highest BCUT2D eigenvalue weighted by Crippen LogP contribution is 2.26. The third-order valence-electron chi connectivity index (χ3n) is 2.30. The lowest BCUT2D eigenvalue weighted by atomic mass is 10.2. The van der Waals surface area contributed by atoms with E-state index in [-0.39, 0.29) is 6.29 Å². The number of benzene rings is 1. The average Bonchev–Trinajstić information content (AvgIpc) is 2.65. The summed E-state index contributed by atoms with van der Waals surface area (Å²) in [6.07, 6.45) is 1.62. The topological polar surface area (TPSA) is 34.2 Å². The van der Waals surface area contributed by atoms with Crippen LogP contribution in [0.25, 0.3) is 10.9 Å². The Hall–Kier alpha value is -1.32. The van der Waals surface area contributed by atoms with Gasteiger partial charge in [0.1, 0.15) is 0 Å². The summed E-state index contributed by atoms with van der Waals surface area (Å²) in [5.74, 6) is 0. The van der Waals surface area contributed by atoms with Crippen molar-refractivity contribution in [3.63, 3.8) is 0 Å². The van der Waals surface area contributed by atoms with Gasteiger partial charge in [-0.1, -0.05) is 18.2 Å². The van der Waals surface area contributed by atoms with Crippen LogP contribution in [0.15, 0.2) is 30.5 Å². The maximum absolute atomic E-state index is 5.21. The molecule has 2 rings (SSSR count). The van der Waals surface area contributed by atoms with Gasteiger partial charge in [-0.15, -0.1) is 0 Å². The Kier molecular flexibility index (Phi) is 2.52. The fraction of sp³-hybridized carbons (Fsp3) is 0.273. The number of fused-ring (bicyclic) bond motifs is 1. The van der Waals surface area contributed by atoms with E-state index in [1.807, 2.05) is 30.5 Å². The highest BCUT2D eigenvalue weighted by Gasteiger charge is 2.13. The first-order valence-electron chi connectivity index (χ1n) is 4.48. The highest BCUT2D eigenvalue weighted by molar-refractivity contribution is 5.83. The number of para-hydroxylation sites is 1. The number of aromatic amines is 1. The van der Waals surface area contributed by atoms with Crippen LogP contribution in [0.5, 0.6) is 0 Å². The molecule has 0 aliphatic carbocycles. The third kappa shape index (κ3) is 1.41. The van der Waals surface area contributed by atoms with E-state index in [9.17, 15) is 0 Å². The summed E-state index contributed by atoms with van der Waals surface area (Å²) in [4.78, 5) is 3.18. The van der Waals surface area contributed by atoms with Crippen LogP contribution in [0.1, 0.15) is 11.9 Å². The lowest BCUT2D eigenvalue weighted by Crippen LogP contribution is -2.02. The molecule has 74 valence electrons. The monoisotopic (exact) mass is 191 g/mol. The molecule has 3 heteroatoms. The van der Waals surface area contributed by atoms with E-state index in [2.05, 4.69) is 4.98 Å². The molecule has 0 fully saturated rings. The molecule has 0 saturated carbocycles. The molecule has 0 unspecified atom stereocenters. The number of aromatic nitrogens is 1. The number of H-pyrrole nitrogens is 1. The normalized spacial score (nSPS) is 11.4. The van der Waals surface area contributed by atoms with E-state index in [1.54, 1.807) is 14.2 Å². The van der Waals surface area contributed by atoms with Crippen molar-refractivity contribution in [2.75, 3.05) is 14.2 Å². The van der Waals surface area contributed by atoms with Crippen molar-refractivity contribution in [2.24, 2.45) is 0 Å². The van der Waals surface area contributed by atoms with Gasteiger partial charge < -0.3 is 14.5 Å². The van der Waals surface area contributed by atoms with Gasteiger partial charge in [-0.25, -0.2) is 0 Å². The fourth-order valence-corrected chi connectivity index (χ4v) is 1.64. The lowest BCUT2D eigenvalue weighted by molar-refractivity contribution is -0.105. The molecule has 0 bridgehead atoms. The number of nitrogens with one attached hydrogen (secondary N) is 1. The molecule has 0 amide bonds. The van der Waals surface area contributed by atoms with Gasteiger partial charge >= 0.3 is 0 Å². The van der Waals surface area contributed by atoms with Crippen LogP contribution in [0, 0.1) is 0 Å². The van der Waals surface area contributed by atoms with Crippen LogP contribution >= 0.6 is 0 Å². The molecule has 0 radical (unpaired) electrons. The van der Waals surface area contributed by atoms with Gasteiger partial charge in [-0.3, -0.25) is 0 Å². The number of rotatable bonds is 3. The SMILES string of the molecule is COC(OC)c1c[nH]c2ccccc12. The van der Waals surface area contributed by atoms with Crippen LogP contribution in [0.3, 0.4) is 0 Å². The Morgan fingerprint density at radius 3 is 2.57 bits per heavy atom. The van der Waals surface area contributed by atoms with Crippen molar-refractivity contribution in [2.45, 2.75) is 6.29 Å². The van der Waals surface area contributed by atoms with Gasteiger partial charge in [-0.2, -0.15) is 0 Å². The summed E-state index contributed by atoms with van der Waals surface area (Å²) in [5, 5.41) is 1.14. The van der Waals surface area contributed by atoms with Gasteiger partial charge in [0.2, 0.25) is 0 Å². The minimum absolute atomic E-state index is 0.300. The second-order valence-corrected chi connectivity index (χ2v) is 3.09. The first-order chi connectivity index (χ1) is 6.86. The summed E-state index contributed by atoms with van der Waals surface area (Å²) >= 11 is 0. The first kappa shape index (κ1) is 9.24. The second kappa shape index (κ2) is 3.82. The van der Waals surface area contributed by atoms with Gasteiger partial charge in [0.25, 0.3) is 0 Å². The van der Waals surface area contributed by atoms with E-state index >= 15 is 0 Å². The molecule has 1 N–H and O–H groups in total. The summed E-state index contributed by atoms with van der Waals surface area (Å²) in [7, 11) is 3.27. The third-order valence-corrected chi connectivity index (χ3v) is 2.30. The van der Waals surface area contributed by atoms with Crippen LogP contribution in [-0.2, 0) is 9.47 Å². The summed E-state index contributed by atoms with van der Waals surface area (Å²) in [6.45, 7) is 0. The van der Waals surface area contributed by atoms with Gasteiger partial charge in [0, 0.05) is 36.9 Å². The van der Waals surface area contributed by atoms with E-state index < -0.39 is 0 Å². The van der Waals surface area contributed by atoms with E-state index in [0.717, 1.165) is 16.5 Å². The molecule has 1 aromatic carbocycles. The molecular formula is C11H13NO2. The molecule has 14 heavy (non-hydrogen) atoms. The minimum Gasteiger partial charge on any atom is -0.361 e. The van der Waals surface area contributed by atoms with Crippen LogP contribution in [0.4, 0.5) is 0 Å². The molecule has 0 aliphatic heterocycles. The predicted molar refractivity (Wildman–Crippen MR) is 55.1 cm³/mol. The molecule has 1 heterocycles. The number of hydrogen-bond acceptors (Lipinski definition) is 2. The van der Waals surface area contributed by atoms with Crippen molar-refractivity contribution >= 4 is 10.9 Å². The van der Waals surface area contributed by atoms with Crippen molar-refractivity contribution < 1.29 is 9.47 Å². The maximum Gasteiger partial charge on any atom is 0.185 e. The molecule has 0 atom stereocenters. The lowest BCUT2D eigenvalue weighted by Gasteiger charge is -2.11. The molecule has 1 aromatic heterocycles. The smallest absolute Gasteiger partial charge is 0.185 e. The molecule has 2 aromatic rings. The fourth-order valence-electron chi connectivity index (χ4n) is 1.64. The van der Waals surface area contributed by atoms with Crippen LogP contribution in [0.2, 0.25) is 0 Å². The Bertz CT molecular complexity index is 418. The van der Waals surface area contributed by atoms with Gasteiger partial charge in [0.05, 0.1) is 0 Å². The quantitative estimate of drug-likeness (QED) is 0.756. The maximum atomic E-state index is 5.21. The number of hydrogen-bond donors (Lipinski definition) is 1. The summed E-state index contributed by atoms with van der Waals surface area (Å²) in [5.41, 5.74) is 2.13. The Morgan fingerprint density at radius 2 is 1.86 bits per heavy atom. The minimum atomic E-state index is -0.300. The van der Waals surface area contributed by atoms with Crippen molar-refractivity contribution in [1.82, 2.24) is 4.98 Å². The zero-order valence-electron chi connectivity index (χ0n) is 8.28. The highest BCUT2D eigenvalue weighted by atomic mass is 16.7. The zero-order valence-corrected chi connectivity index (χ0v) is 8.28. The molecular weight excluding hydrogens is 178 g/mol. The standard InChI is InChI=1S/C11H13NO2/c1-13-11(14-2)9-7-12-10-6-4-3-5-8(9)10/h3-7,11-12H,1-2H3. The zero-order chi connectivity index (χ0) is 9.97. The largest absolute Gasteiger partial charge is 0.361 e. The van der Waals surface area contributed by atoms with E-state index in [4.69, 9.17) is 9.47 Å². The van der Waals surface area contributed by atoms with Gasteiger partial charge in [-0.05, 0) is 6.07 Å². The molecule has 3 nitrogen and oxygen atoms in total. The number of methoxy groups -OCH3 is 2. The Morgan fingerprint density at radius 1 is 1.14 bits per heavy atom. The molecule has 0 aliphatic rings. The first-order valence-corrected chi connectivity index (χ1v) is 4.48. The second-order valence-electron chi connectivity index (χ2n) is 3.09. The van der Waals surface area contributed by atoms with Crippen LogP contribution in [-0.4, -0.2) is 19.2 Å². The van der Waals surface area contributed by atoms with Crippen molar-refractivity contribution in [3.8, 4) is 0 Å². The Labute approximate surface area is 82.6 Å². The van der Waals surface area contributed by atoms with E-state index in [0.29, 0.717) is 0 Å².